The molecule has 114 valence electrons. The summed E-state index contributed by atoms with van der Waals surface area (Å²) >= 11 is 0. The van der Waals surface area contributed by atoms with E-state index >= 15 is 0 Å². The van der Waals surface area contributed by atoms with Crippen molar-refractivity contribution >= 4 is 5.97 Å². The van der Waals surface area contributed by atoms with Crippen LogP contribution in [0, 0.1) is 16.7 Å². The first-order valence-electron chi connectivity index (χ1n) is 7.78. The van der Waals surface area contributed by atoms with Gasteiger partial charge in [-0.1, -0.05) is 32.9 Å². The first-order valence-corrected chi connectivity index (χ1v) is 7.78. The van der Waals surface area contributed by atoms with Gasteiger partial charge in [0.15, 0.2) is 0 Å². The zero-order chi connectivity index (χ0) is 15.3. The third kappa shape index (κ3) is 2.18. The summed E-state index contributed by atoms with van der Waals surface area (Å²) in [5.41, 5.74) is 2.01. The fourth-order valence-electron chi connectivity index (χ4n) is 4.32. The summed E-state index contributed by atoms with van der Waals surface area (Å²) in [5, 5.41) is 8.91. The van der Waals surface area contributed by atoms with Crippen LogP contribution in [0.4, 0.5) is 0 Å². The second-order valence-corrected chi connectivity index (χ2v) is 7.41. The fourth-order valence-corrected chi connectivity index (χ4v) is 4.32. The van der Waals surface area contributed by atoms with Crippen molar-refractivity contribution in [1.82, 2.24) is 0 Å². The van der Waals surface area contributed by atoms with Gasteiger partial charge in [-0.05, 0) is 53.7 Å². The van der Waals surface area contributed by atoms with Gasteiger partial charge in [-0.2, -0.15) is 0 Å². The molecular weight excluding hydrogens is 264 g/mol. The number of hydrogen-bond donors (Lipinski definition) is 1. The number of fused-ring (bicyclic) bond motifs is 2. The lowest BCUT2D eigenvalue weighted by Gasteiger charge is -2.38. The van der Waals surface area contributed by atoms with Crippen LogP contribution in [0.1, 0.15) is 56.0 Å². The first-order chi connectivity index (χ1) is 9.84. The van der Waals surface area contributed by atoms with E-state index in [2.05, 4.69) is 20.8 Å². The maximum Gasteiger partial charge on any atom is 0.335 e. The summed E-state index contributed by atoms with van der Waals surface area (Å²) in [5.74, 6) is -0.105. The number of hydrogen-bond acceptors (Lipinski definition) is 2. The van der Waals surface area contributed by atoms with Crippen LogP contribution in [0.15, 0.2) is 24.3 Å². The molecule has 3 rings (SSSR count). The molecule has 0 spiro atoms. The summed E-state index contributed by atoms with van der Waals surface area (Å²) in [7, 11) is 0. The van der Waals surface area contributed by atoms with Crippen LogP contribution in [0.25, 0.3) is 0 Å². The minimum atomic E-state index is -0.884. The first kappa shape index (κ1) is 14.6. The number of rotatable bonds is 4. The second-order valence-electron chi connectivity index (χ2n) is 7.41. The quantitative estimate of drug-likeness (QED) is 0.906. The Bertz CT molecular complexity index is 546. The van der Waals surface area contributed by atoms with E-state index < -0.39 is 5.97 Å². The summed E-state index contributed by atoms with van der Waals surface area (Å²) in [4.78, 5) is 10.8. The molecule has 3 nitrogen and oxygen atoms in total. The van der Waals surface area contributed by atoms with Crippen LogP contribution in [-0.4, -0.2) is 17.2 Å². The molecule has 0 amide bonds. The van der Waals surface area contributed by atoms with E-state index in [-0.39, 0.29) is 5.41 Å². The Balaban J connectivity index is 1.65. The molecule has 1 aromatic carbocycles. The van der Waals surface area contributed by atoms with Crippen molar-refractivity contribution in [1.29, 1.82) is 0 Å². The van der Waals surface area contributed by atoms with Gasteiger partial charge in [0.05, 0.1) is 18.3 Å². The minimum absolute atomic E-state index is 0.276. The number of carbonyl (C=O) groups is 1. The van der Waals surface area contributed by atoms with E-state index in [0.29, 0.717) is 23.7 Å². The normalized spacial score (nSPS) is 33.3. The maximum absolute atomic E-state index is 10.8. The molecule has 0 heterocycles. The average Bonchev–Trinajstić information content (AvgIpc) is 2.78. The molecule has 2 fully saturated rings. The van der Waals surface area contributed by atoms with Gasteiger partial charge in [0.25, 0.3) is 0 Å². The van der Waals surface area contributed by atoms with Crippen molar-refractivity contribution in [3.8, 4) is 0 Å². The number of benzene rings is 1. The lowest BCUT2D eigenvalue weighted by atomic mass is 9.70. The molecule has 3 atom stereocenters. The molecular formula is C18H24O3. The van der Waals surface area contributed by atoms with Gasteiger partial charge in [-0.25, -0.2) is 4.79 Å². The molecule has 2 bridgehead atoms. The summed E-state index contributed by atoms with van der Waals surface area (Å²) in [6.45, 7) is 7.71. The molecule has 0 saturated heterocycles. The van der Waals surface area contributed by atoms with E-state index in [1.54, 1.807) is 12.1 Å². The molecule has 21 heavy (non-hydrogen) atoms. The van der Waals surface area contributed by atoms with Gasteiger partial charge in [0, 0.05) is 0 Å². The summed E-state index contributed by atoms with van der Waals surface area (Å²) in [6, 6.07) is 7.00. The molecule has 0 aliphatic heterocycles. The van der Waals surface area contributed by atoms with E-state index in [1.807, 2.05) is 12.1 Å². The Hall–Kier alpha value is -1.35. The predicted octanol–water partition coefficient (Wildman–Crippen LogP) is 4.12. The van der Waals surface area contributed by atoms with Crippen LogP contribution in [0.2, 0.25) is 0 Å². The minimum Gasteiger partial charge on any atom is -0.478 e. The highest BCUT2D eigenvalue weighted by Crippen LogP contribution is 2.66. The number of carboxylic acid groups (broad SMARTS) is 1. The van der Waals surface area contributed by atoms with E-state index in [0.717, 1.165) is 17.9 Å². The van der Waals surface area contributed by atoms with Gasteiger partial charge in [-0.15, -0.1) is 0 Å². The SMILES string of the molecule is CC1(C)C2CCC1(C)C(OCc1ccc(C(=O)O)cc1)C2. The third-order valence-electron chi connectivity index (χ3n) is 6.37. The highest BCUT2D eigenvalue weighted by atomic mass is 16.5. The molecule has 3 heteroatoms. The molecule has 2 saturated carbocycles. The lowest BCUT2D eigenvalue weighted by Crippen LogP contribution is -2.37. The standard InChI is InChI=1S/C18H24O3/c1-17(2)14-8-9-18(17,3)15(10-14)21-11-12-4-6-13(7-5-12)16(19)20/h4-7,14-15H,8-11H2,1-3H3,(H,19,20). The predicted molar refractivity (Wildman–Crippen MR) is 81.2 cm³/mol. The van der Waals surface area contributed by atoms with Crippen LogP contribution in [0.3, 0.4) is 0 Å². The Labute approximate surface area is 126 Å². The van der Waals surface area contributed by atoms with Crippen LogP contribution in [-0.2, 0) is 11.3 Å². The van der Waals surface area contributed by atoms with Gasteiger partial charge in [0.1, 0.15) is 0 Å². The molecule has 2 aliphatic rings. The van der Waals surface area contributed by atoms with E-state index in [9.17, 15) is 4.79 Å². The Morgan fingerprint density at radius 3 is 2.43 bits per heavy atom. The average molecular weight is 288 g/mol. The smallest absolute Gasteiger partial charge is 0.335 e. The summed E-state index contributed by atoms with van der Waals surface area (Å²) < 4.78 is 6.21. The van der Waals surface area contributed by atoms with Crippen molar-refractivity contribution in [3.05, 3.63) is 35.4 Å². The topological polar surface area (TPSA) is 46.5 Å². The highest BCUT2D eigenvalue weighted by molar-refractivity contribution is 5.87. The third-order valence-corrected chi connectivity index (χ3v) is 6.37. The molecule has 3 unspecified atom stereocenters. The zero-order valence-corrected chi connectivity index (χ0v) is 13.1. The molecule has 1 aromatic rings. The monoisotopic (exact) mass is 288 g/mol. The fraction of sp³-hybridized carbons (Fsp3) is 0.611. The van der Waals surface area contributed by atoms with Crippen molar-refractivity contribution < 1.29 is 14.6 Å². The van der Waals surface area contributed by atoms with Crippen LogP contribution >= 0.6 is 0 Å². The molecule has 0 aromatic heterocycles. The van der Waals surface area contributed by atoms with Gasteiger partial charge >= 0.3 is 5.97 Å². The highest BCUT2D eigenvalue weighted by Gasteiger charge is 2.61. The van der Waals surface area contributed by atoms with Crippen LogP contribution < -0.4 is 0 Å². The summed E-state index contributed by atoms with van der Waals surface area (Å²) in [6.07, 6.45) is 4.08. The van der Waals surface area contributed by atoms with E-state index in [1.165, 1.54) is 12.8 Å². The number of carboxylic acids is 1. The van der Waals surface area contributed by atoms with Gasteiger partial charge < -0.3 is 9.84 Å². The lowest BCUT2D eigenvalue weighted by molar-refractivity contribution is -0.0550. The van der Waals surface area contributed by atoms with Crippen molar-refractivity contribution in [2.45, 2.75) is 52.7 Å². The molecule has 0 radical (unpaired) electrons. The Morgan fingerprint density at radius 2 is 1.95 bits per heavy atom. The van der Waals surface area contributed by atoms with Crippen molar-refractivity contribution in [2.75, 3.05) is 0 Å². The molecule has 1 N–H and O–H groups in total. The molecule has 2 aliphatic carbocycles. The zero-order valence-electron chi connectivity index (χ0n) is 13.1. The van der Waals surface area contributed by atoms with Crippen molar-refractivity contribution in [3.63, 3.8) is 0 Å². The van der Waals surface area contributed by atoms with Crippen LogP contribution in [0.5, 0.6) is 0 Å². The Morgan fingerprint density at radius 1 is 1.29 bits per heavy atom. The van der Waals surface area contributed by atoms with Crippen molar-refractivity contribution in [2.24, 2.45) is 16.7 Å². The number of ether oxygens (including phenoxy) is 1. The van der Waals surface area contributed by atoms with Gasteiger partial charge in [-0.3, -0.25) is 0 Å². The number of aromatic carboxylic acids is 1. The second kappa shape index (κ2) is 4.84. The van der Waals surface area contributed by atoms with E-state index in [4.69, 9.17) is 9.84 Å². The maximum atomic E-state index is 10.8. The van der Waals surface area contributed by atoms with Gasteiger partial charge in [0.2, 0.25) is 0 Å². The largest absolute Gasteiger partial charge is 0.478 e. The Kier molecular flexibility index (Phi) is 3.36.